The zero-order chi connectivity index (χ0) is 10.1. The number of fused-ring (bicyclic) bond motifs is 1. The third kappa shape index (κ3) is 1.35. The van der Waals surface area contributed by atoms with E-state index in [0.717, 1.165) is 10.9 Å². The van der Waals surface area contributed by atoms with E-state index in [9.17, 15) is 9.28 Å². The second-order valence-electron chi connectivity index (χ2n) is 2.94. The molecule has 0 unspecified atom stereocenters. The van der Waals surface area contributed by atoms with Crippen molar-refractivity contribution >= 4 is 26.8 Å². The van der Waals surface area contributed by atoms with Crippen molar-refractivity contribution in [3.63, 3.8) is 0 Å². The Morgan fingerprint density at radius 3 is 2.79 bits per heavy atom. The van der Waals surface area contributed by atoms with Gasteiger partial charge >= 0.3 is 0 Å². The molecule has 2 aromatic rings. The number of hydrogen-bond acceptors (Lipinski definition) is 1. The third-order valence-electron chi connectivity index (χ3n) is 2.10. The van der Waals surface area contributed by atoms with E-state index in [2.05, 4.69) is 15.9 Å². The van der Waals surface area contributed by atoms with E-state index >= 15 is 0 Å². The van der Waals surface area contributed by atoms with Crippen LogP contribution >= 0.6 is 15.9 Å². The fraction of sp³-hybridized carbons (Fsp3) is 0.100. The van der Waals surface area contributed by atoms with E-state index in [0.29, 0.717) is 10.8 Å². The first-order chi connectivity index (χ1) is 6.74. The Labute approximate surface area is 88.0 Å². The number of alkyl halides is 1. The fourth-order valence-corrected chi connectivity index (χ4v) is 1.89. The second-order valence-corrected chi connectivity index (χ2v) is 3.50. The Hall–Kier alpha value is -1.16. The summed E-state index contributed by atoms with van der Waals surface area (Å²) in [6.07, 6.45) is 0. The summed E-state index contributed by atoms with van der Waals surface area (Å²) in [4.78, 5) is 11.3. The molecule has 0 N–H and O–H groups in total. The minimum absolute atomic E-state index is 0.168. The number of halogens is 2. The van der Waals surface area contributed by atoms with Crippen LogP contribution in [0.1, 0.15) is 5.56 Å². The molecule has 0 amide bonds. The van der Waals surface area contributed by atoms with Crippen LogP contribution in [0.2, 0.25) is 0 Å². The quantitative estimate of drug-likeness (QED) is 0.719. The summed E-state index contributed by atoms with van der Waals surface area (Å²) < 4.78 is 13.3. The predicted octanol–water partition coefficient (Wildman–Crippen LogP) is 2.63. The van der Waals surface area contributed by atoms with E-state index in [1.165, 1.54) is 6.07 Å². The molecule has 4 heteroatoms. The van der Waals surface area contributed by atoms with Crippen LogP contribution in [0.25, 0.3) is 10.9 Å². The highest BCUT2D eigenvalue weighted by Crippen LogP contribution is 2.18. The lowest BCUT2D eigenvalue weighted by atomic mass is 10.1. The summed E-state index contributed by atoms with van der Waals surface area (Å²) in [7, 11) is 0. The summed E-state index contributed by atoms with van der Waals surface area (Å²) in [5.41, 5.74) is 0.493. The Kier molecular flexibility index (Phi) is 2.37. The summed E-state index contributed by atoms with van der Waals surface area (Å²) in [5.74, 6) is 0. The van der Waals surface area contributed by atoms with Crippen LogP contribution in [-0.4, -0.2) is 4.79 Å². The molecule has 0 aliphatic carbocycles. The molecular weight excluding hydrogens is 249 g/mol. The van der Waals surface area contributed by atoms with Crippen LogP contribution in [-0.2, 0) is 5.33 Å². The van der Waals surface area contributed by atoms with Crippen molar-refractivity contribution < 1.29 is 4.48 Å². The normalized spacial score (nSPS) is 10.7. The van der Waals surface area contributed by atoms with Crippen molar-refractivity contribution in [1.82, 2.24) is 4.79 Å². The van der Waals surface area contributed by atoms with Crippen LogP contribution in [0.5, 0.6) is 0 Å². The van der Waals surface area contributed by atoms with Gasteiger partial charge in [-0.3, -0.25) is 4.79 Å². The monoisotopic (exact) mass is 255 g/mol. The average molecular weight is 256 g/mol. The molecule has 14 heavy (non-hydrogen) atoms. The number of aromatic nitrogens is 1. The second kappa shape index (κ2) is 3.53. The minimum atomic E-state index is -0.627. The molecule has 72 valence electrons. The van der Waals surface area contributed by atoms with Gasteiger partial charge in [-0.05, 0) is 11.6 Å². The summed E-state index contributed by atoms with van der Waals surface area (Å²) in [6.45, 7) is 0. The van der Waals surface area contributed by atoms with Gasteiger partial charge in [-0.15, -0.1) is 4.79 Å². The maximum Gasteiger partial charge on any atom is 0.279 e. The molecule has 1 aromatic heterocycles. The highest BCUT2D eigenvalue weighted by molar-refractivity contribution is 9.08. The smallest absolute Gasteiger partial charge is 0.267 e. The molecule has 0 spiro atoms. The SMILES string of the molecule is O=c1cc(CBr)c2ccccc2n1F. The highest BCUT2D eigenvalue weighted by atomic mass is 79.9. The summed E-state index contributed by atoms with van der Waals surface area (Å²) in [6, 6.07) is 8.20. The molecule has 0 saturated heterocycles. The minimum Gasteiger partial charge on any atom is -0.267 e. The van der Waals surface area contributed by atoms with Crippen molar-refractivity contribution in [2.75, 3.05) is 0 Å². The molecule has 2 rings (SSSR count). The first-order valence-electron chi connectivity index (χ1n) is 4.10. The number of para-hydroxylation sites is 1. The summed E-state index contributed by atoms with van der Waals surface area (Å²) in [5, 5.41) is 1.30. The molecule has 0 atom stereocenters. The first kappa shape index (κ1) is 9.40. The third-order valence-corrected chi connectivity index (χ3v) is 2.70. The van der Waals surface area contributed by atoms with Gasteiger partial charge in [0.15, 0.2) is 0 Å². The van der Waals surface area contributed by atoms with Crippen molar-refractivity contribution in [3.8, 4) is 0 Å². The van der Waals surface area contributed by atoms with E-state index < -0.39 is 5.56 Å². The van der Waals surface area contributed by atoms with E-state index in [1.807, 2.05) is 6.07 Å². The average Bonchev–Trinajstić information content (AvgIpc) is 2.23. The van der Waals surface area contributed by atoms with Gasteiger partial charge in [0.2, 0.25) is 0 Å². The Morgan fingerprint density at radius 2 is 2.07 bits per heavy atom. The highest BCUT2D eigenvalue weighted by Gasteiger charge is 2.06. The van der Waals surface area contributed by atoms with Gasteiger partial charge in [-0.25, -0.2) is 0 Å². The van der Waals surface area contributed by atoms with E-state index in [1.54, 1.807) is 18.2 Å². The molecule has 0 aliphatic rings. The zero-order valence-corrected chi connectivity index (χ0v) is 8.79. The van der Waals surface area contributed by atoms with Crippen LogP contribution in [0, 0.1) is 0 Å². The lowest BCUT2D eigenvalue weighted by Crippen LogP contribution is -2.13. The zero-order valence-electron chi connectivity index (χ0n) is 7.21. The maximum absolute atomic E-state index is 13.3. The molecule has 2 nitrogen and oxygen atoms in total. The van der Waals surface area contributed by atoms with Gasteiger partial charge in [-0.1, -0.05) is 38.6 Å². The van der Waals surface area contributed by atoms with Crippen LogP contribution in [0.4, 0.5) is 4.48 Å². The molecule has 1 heterocycles. The molecule has 0 bridgehead atoms. The van der Waals surface area contributed by atoms with Gasteiger partial charge in [0.1, 0.15) is 0 Å². The number of nitrogens with zero attached hydrogens (tertiary/aromatic N) is 1. The van der Waals surface area contributed by atoms with Gasteiger partial charge in [0.05, 0.1) is 5.52 Å². The van der Waals surface area contributed by atoms with Crippen molar-refractivity contribution in [1.29, 1.82) is 0 Å². The van der Waals surface area contributed by atoms with Crippen LogP contribution in [0.3, 0.4) is 0 Å². The Bertz CT molecular complexity index is 535. The van der Waals surface area contributed by atoms with Crippen molar-refractivity contribution in [3.05, 3.63) is 46.2 Å². The van der Waals surface area contributed by atoms with Crippen molar-refractivity contribution in [2.24, 2.45) is 0 Å². The number of hydrogen-bond donors (Lipinski definition) is 0. The molecule has 0 aliphatic heterocycles. The van der Waals surface area contributed by atoms with Crippen LogP contribution < -0.4 is 5.56 Å². The Balaban J connectivity index is 2.97. The molecule has 1 aromatic carbocycles. The standard InChI is InChI=1S/C10H7BrFNO/c11-6-7-5-10(14)13(12)9-4-2-1-3-8(7)9/h1-5H,6H2. The van der Waals surface area contributed by atoms with Gasteiger partial charge in [0.25, 0.3) is 5.56 Å². The lowest BCUT2D eigenvalue weighted by Gasteiger charge is -2.04. The summed E-state index contributed by atoms with van der Waals surface area (Å²) >= 11 is 3.27. The van der Waals surface area contributed by atoms with Gasteiger partial charge in [-0.2, -0.15) is 0 Å². The number of pyridine rings is 1. The fourth-order valence-electron chi connectivity index (χ4n) is 1.43. The van der Waals surface area contributed by atoms with Crippen molar-refractivity contribution in [2.45, 2.75) is 5.33 Å². The predicted molar refractivity (Wildman–Crippen MR) is 57.3 cm³/mol. The van der Waals surface area contributed by atoms with E-state index in [4.69, 9.17) is 0 Å². The van der Waals surface area contributed by atoms with E-state index in [-0.39, 0.29) is 4.79 Å². The molecule has 0 saturated carbocycles. The van der Waals surface area contributed by atoms with Gasteiger partial charge in [0, 0.05) is 16.8 Å². The lowest BCUT2D eigenvalue weighted by molar-refractivity contribution is 0.371. The molecule has 0 fully saturated rings. The number of rotatable bonds is 1. The van der Waals surface area contributed by atoms with Crippen LogP contribution in [0.15, 0.2) is 35.1 Å². The first-order valence-corrected chi connectivity index (χ1v) is 5.22. The van der Waals surface area contributed by atoms with Gasteiger partial charge < -0.3 is 0 Å². The maximum atomic E-state index is 13.3. The largest absolute Gasteiger partial charge is 0.279 e. The topological polar surface area (TPSA) is 22.0 Å². The molecular formula is C10H7BrFNO. The number of benzene rings is 1. The Morgan fingerprint density at radius 1 is 1.36 bits per heavy atom. The molecule has 0 radical (unpaired) electrons.